The first kappa shape index (κ1) is 14.6. The summed E-state index contributed by atoms with van der Waals surface area (Å²) in [7, 11) is 1.24. The largest absolute Gasteiger partial charge is 0.466 e. The van der Waals surface area contributed by atoms with Gasteiger partial charge in [0.1, 0.15) is 0 Å². The Morgan fingerprint density at radius 3 is 2.42 bits per heavy atom. The second kappa shape index (κ2) is 5.02. The molecule has 1 aromatic rings. The molecule has 4 atom stereocenters. The number of rotatable bonds is 2. The highest BCUT2D eigenvalue weighted by atomic mass is 16.5. The molecule has 122 valence electrons. The molecule has 3 amide bonds. The van der Waals surface area contributed by atoms with Gasteiger partial charge in [0.05, 0.1) is 42.2 Å². The number of fused-ring (bicyclic) bond motifs is 1. The summed E-state index contributed by atoms with van der Waals surface area (Å²) < 4.78 is 4.73. The maximum atomic E-state index is 12.9. The summed E-state index contributed by atoms with van der Waals surface area (Å²) in [5.41, 5.74) is 0.702. The number of anilines is 1. The van der Waals surface area contributed by atoms with Crippen LogP contribution in [0.25, 0.3) is 0 Å². The molecule has 1 N–H and O–H groups in total. The van der Waals surface area contributed by atoms with Crippen LogP contribution in [0, 0.1) is 17.8 Å². The van der Waals surface area contributed by atoms with Crippen LogP contribution < -0.4 is 10.2 Å². The predicted molar refractivity (Wildman–Crippen MR) is 81.4 cm³/mol. The monoisotopic (exact) mass is 326 g/mol. The third-order valence-corrected chi connectivity index (χ3v) is 4.87. The number of hydrogen-bond acceptors (Lipinski definition) is 5. The van der Waals surface area contributed by atoms with Crippen LogP contribution in [0.4, 0.5) is 5.69 Å². The molecule has 7 heteroatoms. The van der Waals surface area contributed by atoms with Crippen molar-refractivity contribution in [3.63, 3.8) is 0 Å². The zero-order chi connectivity index (χ0) is 17.0. The number of carbonyl (C=O) groups excluding carboxylic acids is 4. The van der Waals surface area contributed by atoms with Gasteiger partial charge in [-0.3, -0.25) is 14.4 Å². The Bertz CT molecular complexity index is 800. The first-order valence-electron chi connectivity index (χ1n) is 7.58. The zero-order valence-electron chi connectivity index (χ0n) is 12.8. The molecular weight excluding hydrogens is 312 g/mol. The van der Waals surface area contributed by atoms with Gasteiger partial charge in [-0.1, -0.05) is 24.3 Å². The average molecular weight is 326 g/mol. The molecule has 2 saturated heterocycles. The number of hydrogen-bond donors (Lipinski definition) is 1. The van der Waals surface area contributed by atoms with Crippen LogP contribution in [0.2, 0.25) is 0 Å². The van der Waals surface area contributed by atoms with Crippen LogP contribution in [0.15, 0.2) is 42.0 Å². The molecule has 1 aromatic carbocycles. The third kappa shape index (κ3) is 1.78. The summed E-state index contributed by atoms with van der Waals surface area (Å²) in [5, 5.41) is 2.67. The molecule has 3 aliphatic heterocycles. The fraction of sp³-hybridized carbons (Fsp3) is 0.294. The van der Waals surface area contributed by atoms with Crippen molar-refractivity contribution in [1.29, 1.82) is 0 Å². The molecule has 24 heavy (non-hydrogen) atoms. The van der Waals surface area contributed by atoms with E-state index in [-0.39, 0.29) is 11.5 Å². The van der Waals surface area contributed by atoms with E-state index in [9.17, 15) is 19.2 Å². The van der Waals surface area contributed by atoms with Crippen LogP contribution in [0.1, 0.15) is 0 Å². The van der Waals surface area contributed by atoms with Crippen LogP contribution >= 0.6 is 0 Å². The number of ether oxygens (including phenoxy) is 1. The van der Waals surface area contributed by atoms with E-state index in [0.29, 0.717) is 5.69 Å². The van der Waals surface area contributed by atoms with E-state index in [1.54, 1.807) is 30.3 Å². The fourth-order valence-corrected chi connectivity index (χ4v) is 3.84. The summed E-state index contributed by atoms with van der Waals surface area (Å²) in [6.07, 6.45) is 1.47. The summed E-state index contributed by atoms with van der Waals surface area (Å²) in [4.78, 5) is 50.9. The lowest BCUT2D eigenvalue weighted by Crippen LogP contribution is -2.60. The third-order valence-electron chi connectivity index (χ3n) is 4.87. The molecule has 0 spiro atoms. The number of para-hydroxylation sites is 1. The van der Waals surface area contributed by atoms with Gasteiger partial charge in [-0.15, -0.1) is 0 Å². The number of benzene rings is 1. The van der Waals surface area contributed by atoms with Gasteiger partial charge in [0, 0.05) is 0 Å². The number of nitrogens with one attached hydrogen (secondary N) is 1. The van der Waals surface area contributed by atoms with Gasteiger partial charge in [0.25, 0.3) is 0 Å². The van der Waals surface area contributed by atoms with Gasteiger partial charge >= 0.3 is 5.97 Å². The minimum absolute atomic E-state index is 0.236. The zero-order valence-corrected chi connectivity index (χ0v) is 12.8. The van der Waals surface area contributed by atoms with Crippen molar-refractivity contribution in [3.05, 3.63) is 42.0 Å². The molecule has 0 aromatic heterocycles. The fourth-order valence-electron chi connectivity index (χ4n) is 3.84. The van der Waals surface area contributed by atoms with E-state index < -0.39 is 41.6 Å². The van der Waals surface area contributed by atoms with Crippen molar-refractivity contribution < 1.29 is 23.9 Å². The Kier molecular flexibility index (Phi) is 3.06. The lowest BCUT2D eigenvalue weighted by molar-refractivity contribution is -0.141. The lowest BCUT2D eigenvalue weighted by Gasteiger charge is -2.40. The topological polar surface area (TPSA) is 92.8 Å². The first-order chi connectivity index (χ1) is 11.5. The molecule has 7 nitrogen and oxygen atoms in total. The Morgan fingerprint density at radius 1 is 1.08 bits per heavy atom. The number of piperidine rings is 1. The van der Waals surface area contributed by atoms with Gasteiger partial charge in [0.15, 0.2) is 0 Å². The first-order valence-corrected chi connectivity index (χ1v) is 7.58. The predicted octanol–water partition coefficient (Wildman–Crippen LogP) is 0.0198. The molecule has 2 bridgehead atoms. The summed E-state index contributed by atoms with van der Waals surface area (Å²) in [6, 6.07) is 7.75. The molecular formula is C17H14N2O5. The second-order valence-corrected chi connectivity index (χ2v) is 6.02. The minimum atomic E-state index is -0.834. The van der Waals surface area contributed by atoms with Crippen LogP contribution in [-0.4, -0.2) is 36.8 Å². The maximum absolute atomic E-state index is 12.9. The Hall–Kier alpha value is -2.96. The normalized spacial score (nSPS) is 30.8. The molecule has 0 saturated carbocycles. The van der Waals surface area contributed by atoms with E-state index >= 15 is 0 Å². The Balaban J connectivity index is 1.79. The number of carbonyl (C=O) groups is 4. The van der Waals surface area contributed by atoms with Crippen LogP contribution in [-0.2, 0) is 23.9 Å². The van der Waals surface area contributed by atoms with Crippen molar-refractivity contribution in [2.24, 2.45) is 17.8 Å². The summed E-state index contributed by atoms with van der Waals surface area (Å²) >= 11 is 0. The quantitative estimate of drug-likeness (QED) is 0.611. The molecule has 3 heterocycles. The van der Waals surface area contributed by atoms with E-state index in [2.05, 4.69) is 5.32 Å². The van der Waals surface area contributed by atoms with Gasteiger partial charge in [-0.25, -0.2) is 9.69 Å². The number of methoxy groups -OCH3 is 1. The molecule has 0 radical (unpaired) electrons. The molecule has 4 aliphatic rings. The lowest BCUT2D eigenvalue weighted by atomic mass is 9.67. The number of esters is 1. The van der Waals surface area contributed by atoms with Crippen molar-refractivity contribution in [2.45, 2.75) is 6.04 Å². The van der Waals surface area contributed by atoms with Crippen LogP contribution in [0.5, 0.6) is 0 Å². The van der Waals surface area contributed by atoms with Gasteiger partial charge in [-0.2, -0.15) is 0 Å². The Morgan fingerprint density at radius 2 is 1.75 bits per heavy atom. The molecule has 1 aliphatic carbocycles. The van der Waals surface area contributed by atoms with Gasteiger partial charge in [-0.05, 0) is 12.1 Å². The average Bonchev–Trinajstić information content (AvgIpc) is 2.87. The number of imide groups is 1. The van der Waals surface area contributed by atoms with Crippen molar-refractivity contribution in [3.8, 4) is 0 Å². The minimum Gasteiger partial charge on any atom is -0.466 e. The van der Waals surface area contributed by atoms with E-state index in [1.807, 2.05) is 0 Å². The standard InChI is InChI=1S/C17H14N2O5/c1-24-17(23)10-7-9-11-12(13(10)18-14(9)20)16(22)19(15(11)21)8-5-3-2-4-6-8/h2-7,9,11-13H,1H3,(H,18,20). The summed E-state index contributed by atoms with van der Waals surface area (Å²) in [6.45, 7) is 0. The van der Waals surface area contributed by atoms with Crippen molar-refractivity contribution in [1.82, 2.24) is 5.32 Å². The van der Waals surface area contributed by atoms with Crippen molar-refractivity contribution in [2.75, 3.05) is 12.0 Å². The van der Waals surface area contributed by atoms with E-state index in [0.717, 1.165) is 4.90 Å². The second-order valence-electron chi connectivity index (χ2n) is 6.02. The van der Waals surface area contributed by atoms with Crippen LogP contribution in [0.3, 0.4) is 0 Å². The van der Waals surface area contributed by atoms with Crippen molar-refractivity contribution >= 4 is 29.4 Å². The smallest absolute Gasteiger partial charge is 0.335 e. The van der Waals surface area contributed by atoms with E-state index in [1.165, 1.54) is 13.2 Å². The number of amides is 3. The number of nitrogens with zero attached hydrogens (tertiary/aromatic N) is 1. The summed E-state index contributed by atoms with van der Waals surface area (Å²) in [5.74, 6) is -4.13. The molecule has 2 fully saturated rings. The highest BCUT2D eigenvalue weighted by Gasteiger charge is 2.62. The highest BCUT2D eigenvalue weighted by molar-refractivity contribution is 6.24. The van der Waals surface area contributed by atoms with Gasteiger partial charge in [0.2, 0.25) is 17.7 Å². The SMILES string of the molecule is COC(=O)C1=CC2C(=O)NC1C1C(=O)N(c3ccccc3)C(=O)C21. The molecule has 5 rings (SSSR count). The van der Waals surface area contributed by atoms with Gasteiger partial charge < -0.3 is 10.1 Å². The molecule has 4 unspecified atom stereocenters. The highest BCUT2D eigenvalue weighted by Crippen LogP contribution is 2.46. The Labute approximate surface area is 137 Å². The van der Waals surface area contributed by atoms with E-state index in [4.69, 9.17) is 4.74 Å². The maximum Gasteiger partial charge on any atom is 0.335 e.